The first-order chi connectivity index (χ1) is 8.02. The SMILES string of the molecule is Cc1nc(N2CC(CS)CC2=O)c(Cl)cc1Cl. The van der Waals surface area contributed by atoms with E-state index in [-0.39, 0.29) is 11.8 Å². The summed E-state index contributed by atoms with van der Waals surface area (Å²) in [5.41, 5.74) is 0.674. The molecule has 2 rings (SSSR count). The van der Waals surface area contributed by atoms with Crippen molar-refractivity contribution in [1.82, 2.24) is 4.98 Å². The zero-order valence-electron chi connectivity index (χ0n) is 9.28. The van der Waals surface area contributed by atoms with E-state index in [9.17, 15) is 4.79 Å². The molecule has 0 radical (unpaired) electrons. The maximum atomic E-state index is 11.9. The zero-order valence-corrected chi connectivity index (χ0v) is 11.7. The Morgan fingerprint density at radius 2 is 2.24 bits per heavy atom. The molecular formula is C11H12Cl2N2OS. The monoisotopic (exact) mass is 290 g/mol. The maximum absolute atomic E-state index is 11.9. The van der Waals surface area contributed by atoms with E-state index in [2.05, 4.69) is 17.6 Å². The molecule has 0 N–H and O–H groups in total. The topological polar surface area (TPSA) is 33.2 Å². The van der Waals surface area contributed by atoms with E-state index >= 15 is 0 Å². The molecule has 92 valence electrons. The van der Waals surface area contributed by atoms with Gasteiger partial charge in [0.05, 0.1) is 15.7 Å². The van der Waals surface area contributed by atoms with Gasteiger partial charge in [-0.05, 0) is 24.7 Å². The van der Waals surface area contributed by atoms with Gasteiger partial charge >= 0.3 is 0 Å². The summed E-state index contributed by atoms with van der Waals surface area (Å²) in [5, 5.41) is 0.921. The van der Waals surface area contributed by atoms with Crippen molar-refractivity contribution in [2.24, 2.45) is 5.92 Å². The molecule has 0 aliphatic carbocycles. The van der Waals surface area contributed by atoms with Gasteiger partial charge in [-0.25, -0.2) is 4.98 Å². The van der Waals surface area contributed by atoms with E-state index in [0.717, 1.165) is 0 Å². The van der Waals surface area contributed by atoms with Gasteiger partial charge in [0.1, 0.15) is 0 Å². The number of thiol groups is 1. The number of nitrogens with zero attached hydrogens (tertiary/aromatic N) is 2. The number of carbonyl (C=O) groups excluding carboxylic acids is 1. The van der Waals surface area contributed by atoms with Crippen LogP contribution in [0.5, 0.6) is 0 Å². The molecule has 0 aromatic carbocycles. The lowest BCUT2D eigenvalue weighted by Gasteiger charge is -2.17. The summed E-state index contributed by atoms with van der Waals surface area (Å²) in [6.07, 6.45) is 0.503. The zero-order chi connectivity index (χ0) is 12.6. The number of anilines is 1. The molecule has 1 aliphatic heterocycles. The Balaban J connectivity index is 2.35. The number of carbonyl (C=O) groups is 1. The van der Waals surface area contributed by atoms with Gasteiger partial charge in [-0.3, -0.25) is 9.69 Å². The van der Waals surface area contributed by atoms with Gasteiger partial charge in [-0.2, -0.15) is 12.6 Å². The number of amides is 1. The van der Waals surface area contributed by atoms with E-state index in [1.165, 1.54) is 0 Å². The van der Waals surface area contributed by atoms with Crippen molar-refractivity contribution in [3.63, 3.8) is 0 Å². The second kappa shape index (κ2) is 5.04. The number of hydrogen-bond donors (Lipinski definition) is 1. The van der Waals surface area contributed by atoms with Gasteiger partial charge in [0.25, 0.3) is 0 Å². The van der Waals surface area contributed by atoms with E-state index in [1.54, 1.807) is 17.9 Å². The van der Waals surface area contributed by atoms with Crippen molar-refractivity contribution in [2.75, 3.05) is 17.2 Å². The minimum Gasteiger partial charge on any atom is -0.295 e. The highest BCUT2D eigenvalue weighted by atomic mass is 35.5. The summed E-state index contributed by atoms with van der Waals surface area (Å²) in [4.78, 5) is 17.8. The van der Waals surface area contributed by atoms with Crippen molar-refractivity contribution in [2.45, 2.75) is 13.3 Å². The molecule has 1 aromatic rings. The Morgan fingerprint density at radius 1 is 1.53 bits per heavy atom. The lowest BCUT2D eigenvalue weighted by Crippen LogP contribution is -2.26. The Hall–Kier alpha value is -0.450. The maximum Gasteiger partial charge on any atom is 0.228 e. The molecule has 0 saturated carbocycles. The number of halogens is 2. The third kappa shape index (κ3) is 2.54. The van der Waals surface area contributed by atoms with E-state index < -0.39 is 0 Å². The van der Waals surface area contributed by atoms with Crippen LogP contribution in [0.2, 0.25) is 10.0 Å². The first-order valence-electron chi connectivity index (χ1n) is 5.26. The fourth-order valence-corrected chi connectivity index (χ4v) is 2.55. The molecule has 6 heteroatoms. The molecule has 2 heterocycles. The molecule has 1 amide bonds. The molecule has 3 nitrogen and oxygen atoms in total. The number of aryl methyl sites for hydroxylation is 1. The summed E-state index contributed by atoms with van der Waals surface area (Å²) >= 11 is 16.2. The van der Waals surface area contributed by atoms with Crippen LogP contribution in [0, 0.1) is 12.8 Å². The van der Waals surface area contributed by atoms with E-state index in [4.69, 9.17) is 23.2 Å². The Bertz CT molecular complexity index is 467. The second-order valence-electron chi connectivity index (χ2n) is 4.12. The molecule has 1 atom stereocenters. The fourth-order valence-electron chi connectivity index (χ4n) is 1.84. The number of pyridine rings is 1. The van der Waals surface area contributed by atoms with Gasteiger partial charge in [-0.15, -0.1) is 0 Å². The predicted octanol–water partition coefficient (Wildman–Crippen LogP) is 2.98. The molecule has 1 aromatic heterocycles. The average Bonchev–Trinajstić information content (AvgIpc) is 2.65. The summed E-state index contributed by atoms with van der Waals surface area (Å²) < 4.78 is 0. The third-order valence-electron chi connectivity index (χ3n) is 2.81. The highest BCUT2D eigenvalue weighted by Gasteiger charge is 2.31. The summed E-state index contributed by atoms with van der Waals surface area (Å²) in [5.74, 6) is 1.49. The molecule has 1 aliphatic rings. The van der Waals surface area contributed by atoms with Gasteiger partial charge < -0.3 is 0 Å². The standard InChI is InChI=1S/C11H12Cl2N2OS/c1-6-8(12)3-9(13)11(14-6)15-4-7(5-17)2-10(15)16/h3,7,17H,2,4-5H2,1H3. The highest BCUT2D eigenvalue weighted by molar-refractivity contribution is 7.80. The quantitative estimate of drug-likeness (QED) is 0.850. The lowest BCUT2D eigenvalue weighted by molar-refractivity contribution is -0.117. The third-order valence-corrected chi connectivity index (χ3v) is 3.98. The van der Waals surface area contributed by atoms with Gasteiger partial charge in [0.2, 0.25) is 5.91 Å². The molecule has 0 spiro atoms. The molecular weight excluding hydrogens is 279 g/mol. The highest BCUT2D eigenvalue weighted by Crippen LogP contribution is 2.32. The van der Waals surface area contributed by atoms with Gasteiger partial charge in [0.15, 0.2) is 5.82 Å². The van der Waals surface area contributed by atoms with Crippen molar-refractivity contribution < 1.29 is 4.79 Å². The van der Waals surface area contributed by atoms with Crippen LogP contribution in [0.15, 0.2) is 6.07 Å². The van der Waals surface area contributed by atoms with Crippen LogP contribution in [-0.2, 0) is 4.79 Å². The lowest BCUT2D eigenvalue weighted by atomic mass is 10.1. The van der Waals surface area contributed by atoms with Crippen LogP contribution in [0.3, 0.4) is 0 Å². The summed E-state index contributed by atoms with van der Waals surface area (Å²) in [6.45, 7) is 2.41. The summed E-state index contributed by atoms with van der Waals surface area (Å²) in [7, 11) is 0. The first kappa shape index (κ1) is 13.0. The minimum atomic E-state index is 0.0418. The molecule has 17 heavy (non-hydrogen) atoms. The number of aromatic nitrogens is 1. The van der Waals surface area contributed by atoms with Crippen LogP contribution in [0.1, 0.15) is 12.1 Å². The average molecular weight is 291 g/mol. The van der Waals surface area contributed by atoms with Crippen molar-refractivity contribution >= 4 is 47.6 Å². The van der Waals surface area contributed by atoms with Gasteiger partial charge in [0, 0.05) is 13.0 Å². The normalized spacial score (nSPS) is 20.1. The Labute approximate surface area is 116 Å². The van der Waals surface area contributed by atoms with Crippen LogP contribution in [-0.4, -0.2) is 23.2 Å². The Morgan fingerprint density at radius 3 is 2.82 bits per heavy atom. The molecule has 1 unspecified atom stereocenters. The number of rotatable bonds is 2. The second-order valence-corrected chi connectivity index (χ2v) is 5.30. The van der Waals surface area contributed by atoms with Crippen LogP contribution < -0.4 is 4.90 Å². The number of hydrogen-bond acceptors (Lipinski definition) is 3. The summed E-state index contributed by atoms with van der Waals surface area (Å²) in [6, 6.07) is 1.63. The predicted molar refractivity (Wildman–Crippen MR) is 73.3 cm³/mol. The van der Waals surface area contributed by atoms with Crippen LogP contribution >= 0.6 is 35.8 Å². The van der Waals surface area contributed by atoms with Crippen molar-refractivity contribution in [3.8, 4) is 0 Å². The molecule has 1 saturated heterocycles. The van der Waals surface area contributed by atoms with Crippen LogP contribution in [0.4, 0.5) is 5.82 Å². The Kier molecular flexibility index (Phi) is 3.85. The smallest absolute Gasteiger partial charge is 0.228 e. The van der Waals surface area contributed by atoms with Crippen molar-refractivity contribution in [3.05, 3.63) is 21.8 Å². The molecule has 0 bridgehead atoms. The van der Waals surface area contributed by atoms with E-state index in [0.29, 0.717) is 40.3 Å². The minimum absolute atomic E-state index is 0.0418. The van der Waals surface area contributed by atoms with E-state index in [1.807, 2.05) is 0 Å². The van der Waals surface area contributed by atoms with Gasteiger partial charge in [-0.1, -0.05) is 23.2 Å². The largest absolute Gasteiger partial charge is 0.295 e. The molecule has 1 fully saturated rings. The fraction of sp³-hybridized carbons (Fsp3) is 0.455. The first-order valence-corrected chi connectivity index (χ1v) is 6.65. The van der Waals surface area contributed by atoms with Crippen LogP contribution in [0.25, 0.3) is 0 Å². The van der Waals surface area contributed by atoms with Crippen molar-refractivity contribution in [1.29, 1.82) is 0 Å².